The number of rotatable bonds is 4. The summed E-state index contributed by atoms with van der Waals surface area (Å²) in [6, 6.07) is 23.9. The highest BCUT2D eigenvalue weighted by Gasteiger charge is 2.24. The van der Waals surface area contributed by atoms with Gasteiger partial charge in [-0.05, 0) is 43.3 Å². The van der Waals surface area contributed by atoms with Crippen LogP contribution in [-0.4, -0.2) is 23.6 Å². The van der Waals surface area contributed by atoms with Crippen LogP contribution in [0.15, 0.2) is 95.0 Å². The summed E-state index contributed by atoms with van der Waals surface area (Å²) in [5.41, 5.74) is 2.53. The van der Waals surface area contributed by atoms with E-state index in [0.717, 1.165) is 26.4 Å². The first kappa shape index (κ1) is 19.5. The molecule has 31 heavy (non-hydrogen) atoms. The lowest BCUT2D eigenvalue weighted by molar-refractivity contribution is 0.592. The highest BCUT2D eigenvalue weighted by atomic mass is 32.2. The molecule has 0 bridgehead atoms. The van der Waals surface area contributed by atoms with E-state index in [1.165, 1.54) is 0 Å². The Hall–Kier alpha value is -3.42. The smallest absolute Gasteiger partial charge is 0.226 e. The molecule has 0 aliphatic heterocycles. The van der Waals surface area contributed by atoms with Crippen LogP contribution >= 0.6 is 11.3 Å². The molecule has 5 rings (SSSR count). The molecule has 5 aromatic rings. The van der Waals surface area contributed by atoms with E-state index in [9.17, 15) is 8.42 Å². The third kappa shape index (κ3) is 3.52. The summed E-state index contributed by atoms with van der Waals surface area (Å²) in [6.07, 6.45) is 1.76. The van der Waals surface area contributed by atoms with E-state index in [1.807, 2.05) is 55.5 Å². The summed E-state index contributed by atoms with van der Waals surface area (Å²) in [5.74, 6) is 0. The summed E-state index contributed by atoms with van der Waals surface area (Å²) >= 11 is 1.55. The minimum Gasteiger partial charge on any atom is -0.255 e. The predicted octanol–water partition coefficient (Wildman–Crippen LogP) is 5.56. The van der Waals surface area contributed by atoms with Crippen molar-refractivity contribution in [1.82, 2.24) is 15.2 Å². The summed E-state index contributed by atoms with van der Waals surface area (Å²) in [4.78, 5) is 6.52. The number of aromatic nitrogens is 3. The van der Waals surface area contributed by atoms with Gasteiger partial charge in [0, 0.05) is 17.0 Å². The van der Waals surface area contributed by atoms with Gasteiger partial charge < -0.3 is 0 Å². The SMILES string of the molecule is Cc1ccc(S(=O)(=O)c2nnc(-c3ccc(-c4ccccn4)s3)c3ccccc23)cc1. The van der Waals surface area contributed by atoms with Crippen LogP contribution in [0.4, 0.5) is 0 Å². The van der Waals surface area contributed by atoms with Gasteiger partial charge >= 0.3 is 0 Å². The van der Waals surface area contributed by atoms with Crippen molar-refractivity contribution >= 4 is 31.9 Å². The monoisotopic (exact) mass is 443 g/mol. The third-order valence-electron chi connectivity index (χ3n) is 5.00. The van der Waals surface area contributed by atoms with E-state index in [4.69, 9.17) is 0 Å². The Kier molecular flexibility index (Phi) is 4.84. The molecule has 5 nitrogen and oxygen atoms in total. The molecule has 0 amide bonds. The average Bonchev–Trinajstić information content (AvgIpc) is 3.29. The maximum atomic E-state index is 13.3. The third-order valence-corrected chi connectivity index (χ3v) is 7.81. The maximum absolute atomic E-state index is 13.3. The molecule has 0 atom stereocenters. The molecule has 0 saturated heterocycles. The zero-order chi connectivity index (χ0) is 21.4. The molecular weight excluding hydrogens is 426 g/mol. The first-order valence-corrected chi connectivity index (χ1v) is 11.9. The van der Waals surface area contributed by atoms with E-state index < -0.39 is 9.84 Å². The van der Waals surface area contributed by atoms with E-state index >= 15 is 0 Å². The highest BCUT2D eigenvalue weighted by Crippen LogP contribution is 2.37. The molecule has 0 saturated carbocycles. The normalized spacial score (nSPS) is 11.6. The number of hydrogen-bond donors (Lipinski definition) is 0. The van der Waals surface area contributed by atoms with Crippen molar-refractivity contribution in [1.29, 1.82) is 0 Å². The van der Waals surface area contributed by atoms with Crippen molar-refractivity contribution in [2.45, 2.75) is 16.8 Å². The van der Waals surface area contributed by atoms with Gasteiger partial charge in [0.1, 0.15) is 5.69 Å². The number of thiophene rings is 1. The van der Waals surface area contributed by atoms with Gasteiger partial charge in [-0.25, -0.2) is 8.42 Å². The zero-order valence-corrected chi connectivity index (χ0v) is 18.2. The minimum atomic E-state index is -3.80. The van der Waals surface area contributed by atoms with Gasteiger partial charge in [0.2, 0.25) is 9.84 Å². The van der Waals surface area contributed by atoms with Gasteiger partial charge in [-0.15, -0.1) is 21.5 Å². The highest BCUT2D eigenvalue weighted by molar-refractivity contribution is 7.91. The second-order valence-corrected chi connectivity index (χ2v) is 10.0. The molecule has 7 heteroatoms. The topological polar surface area (TPSA) is 72.8 Å². The van der Waals surface area contributed by atoms with Gasteiger partial charge in [-0.2, -0.15) is 0 Å². The minimum absolute atomic E-state index is 0.0304. The van der Waals surface area contributed by atoms with Crippen LogP contribution in [0.2, 0.25) is 0 Å². The number of nitrogens with zero attached hydrogens (tertiary/aromatic N) is 3. The molecule has 0 aliphatic rings. The summed E-state index contributed by atoms with van der Waals surface area (Å²) in [7, 11) is -3.80. The van der Waals surface area contributed by atoms with Crippen LogP contribution in [0.3, 0.4) is 0 Å². The number of benzene rings is 2. The van der Waals surface area contributed by atoms with Crippen LogP contribution in [-0.2, 0) is 9.84 Å². The molecular formula is C24H17N3O2S2. The fourth-order valence-electron chi connectivity index (χ4n) is 3.40. The molecule has 0 aliphatic carbocycles. The van der Waals surface area contributed by atoms with Gasteiger partial charge in [-0.1, -0.05) is 48.0 Å². The fourth-order valence-corrected chi connectivity index (χ4v) is 5.72. The summed E-state index contributed by atoms with van der Waals surface area (Å²) in [5, 5.41) is 9.82. The molecule has 0 radical (unpaired) electrons. The van der Waals surface area contributed by atoms with Crippen LogP contribution in [0.25, 0.3) is 31.9 Å². The lowest BCUT2D eigenvalue weighted by atomic mass is 10.1. The average molecular weight is 444 g/mol. The Balaban J connectivity index is 1.65. The molecule has 152 valence electrons. The molecule has 3 aromatic heterocycles. The largest absolute Gasteiger partial charge is 0.255 e. The van der Waals surface area contributed by atoms with Gasteiger partial charge in [0.15, 0.2) is 5.03 Å². The molecule has 0 fully saturated rings. The van der Waals surface area contributed by atoms with E-state index in [0.29, 0.717) is 11.1 Å². The standard InChI is InChI=1S/C24H17N3O2S2/c1-16-9-11-17(12-10-16)31(28,29)24-19-7-3-2-6-18(19)23(26-27-24)22-14-13-21(30-22)20-8-4-5-15-25-20/h2-15H,1H3. The van der Waals surface area contributed by atoms with Crippen LogP contribution in [0.5, 0.6) is 0 Å². The second-order valence-electron chi connectivity index (χ2n) is 7.09. The van der Waals surface area contributed by atoms with Crippen LogP contribution < -0.4 is 0 Å². The first-order valence-electron chi connectivity index (χ1n) is 9.63. The Morgan fingerprint density at radius 2 is 1.45 bits per heavy atom. The van der Waals surface area contributed by atoms with Crippen molar-refractivity contribution in [2.24, 2.45) is 0 Å². The first-order chi connectivity index (χ1) is 15.0. The van der Waals surface area contributed by atoms with Crippen molar-refractivity contribution in [3.63, 3.8) is 0 Å². The van der Waals surface area contributed by atoms with Crippen molar-refractivity contribution < 1.29 is 8.42 Å². The fraction of sp³-hybridized carbons (Fsp3) is 0.0417. The van der Waals surface area contributed by atoms with E-state index in [1.54, 1.807) is 47.9 Å². The predicted molar refractivity (Wildman–Crippen MR) is 123 cm³/mol. The number of sulfone groups is 1. The molecule has 0 N–H and O–H groups in total. The summed E-state index contributed by atoms with van der Waals surface area (Å²) < 4.78 is 26.6. The van der Waals surface area contributed by atoms with E-state index in [2.05, 4.69) is 15.2 Å². The Labute approximate surface area is 184 Å². The lowest BCUT2D eigenvalue weighted by Gasteiger charge is -2.09. The summed E-state index contributed by atoms with van der Waals surface area (Å²) in [6.45, 7) is 1.92. The zero-order valence-electron chi connectivity index (χ0n) is 16.6. The number of fused-ring (bicyclic) bond motifs is 1. The van der Waals surface area contributed by atoms with Crippen molar-refractivity contribution in [3.8, 4) is 21.1 Å². The quantitative estimate of drug-likeness (QED) is 0.363. The van der Waals surface area contributed by atoms with Crippen molar-refractivity contribution in [2.75, 3.05) is 0 Å². The maximum Gasteiger partial charge on any atom is 0.226 e. The van der Waals surface area contributed by atoms with Gasteiger partial charge in [0.25, 0.3) is 0 Å². The second kappa shape index (κ2) is 7.68. The number of aryl methyl sites for hydroxylation is 1. The molecule has 2 aromatic carbocycles. The Bertz CT molecular complexity index is 1490. The van der Waals surface area contributed by atoms with E-state index in [-0.39, 0.29) is 9.92 Å². The Morgan fingerprint density at radius 3 is 2.19 bits per heavy atom. The van der Waals surface area contributed by atoms with Gasteiger partial charge in [-0.3, -0.25) is 4.98 Å². The van der Waals surface area contributed by atoms with Gasteiger partial charge in [0.05, 0.1) is 20.3 Å². The lowest BCUT2D eigenvalue weighted by Crippen LogP contribution is -2.07. The molecule has 0 spiro atoms. The molecule has 0 unspecified atom stereocenters. The van der Waals surface area contributed by atoms with Crippen LogP contribution in [0.1, 0.15) is 5.56 Å². The van der Waals surface area contributed by atoms with Crippen LogP contribution in [0, 0.1) is 6.92 Å². The molecule has 3 heterocycles. The number of pyridine rings is 1. The van der Waals surface area contributed by atoms with Crippen molar-refractivity contribution in [3.05, 3.63) is 90.6 Å². The number of hydrogen-bond acceptors (Lipinski definition) is 6. The Morgan fingerprint density at radius 1 is 0.742 bits per heavy atom.